The average Bonchev–Trinajstić information content (AvgIpc) is 2.33. The summed E-state index contributed by atoms with van der Waals surface area (Å²) < 4.78 is 0. The zero-order valence-electron chi connectivity index (χ0n) is 5.26. The lowest BCUT2D eigenvalue weighted by molar-refractivity contribution is 0.475. The second-order valence-electron chi connectivity index (χ2n) is 2.19. The van der Waals surface area contributed by atoms with Crippen LogP contribution < -0.4 is 5.32 Å². The summed E-state index contributed by atoms with van der Waals surface area (Å²) in [6.07, 6.45) is 4.63. The molecule has 1 heterocycles. The highest BCUT2D eigenvalue weighted by atomic mass is 16.3. The molecule has 0 aromatic heterocycles. The van der Waals surface area contributed by atoms with E-state index in [0.717, 1.165) is 11.3 Å². The number of aromatic hydroxyl groups is 1. The number of phenols is 1. The highest BCUT2D eigenvalue weighted by Gasteiger charge is 2.15. The lowest BCUT2D eigenvalue weighted by Crippen LogP contribution is -1.81. The Balaban J connectivity index is 2.60. The number of rotatable bonds is 0. The van der Waals surface area contributed by atoms with Crippen LogP contribution in [0.1, 0.15) is 5.56 Å². The molecule has 1 aliphatic heterocycles. The van der Waals surface area contributed by atoms with E-state index in [1.165, 1.54) is 0 Å². The van der Waals surface area contributed by atoms with Crippen molar-refractivity contribution in [3.05, 3.63) is 30.0 Å². The molecule has 0 radical (unpaired) electrons. The monoisotopic (exact) mass is 132 g/mol. The first-order chi connectivity index (χ1) is 4.86. The topological polar surface area (TPSA) is 32.3 Å². The van der Waals surface area contributed by atoms with Crippen LogP contribution >= 0.6 is 0 Å². The van der Waals surface area contributed by atoms with E-state index in [-0.39, 0.29) is 0 Å². The molecule has 0 spiro atoms. The van der Waals surface area contributed by atoms with Gasteiger partial charge < -0.3 is 5.11 Å². The van der Waals surface area contributed by atoms with Gasteiger partial charge in [-0.2, -0.15) is 5.32 Å². The molecule has 2 heteroatoms. The van der Waals surface area contributed by atoms with E-state index >= 15 is 0 Å². The predicted molar refractivity (Wildman–Crippen MR) is 39.4 cm³/mol. The standard InChI is InChI=1S/C8H5NO/c10-7-1-2-8-6(5-7)3-4-9-8/h1-3,5,9H/p+1. The van der Waals surface area contributed by atoms with Crippen LogP contribution in [-0.2, 0) is 0 Å². The van der Waals surface area contributed by atoms with Gasteiger partial charge in [0.15, 0.2) is 11.3 Å². The van der Waals surface area contributed by atoms with Gasteiger partial charge in [0.1, 0.15) is 18.0 Å². The second kappa shape index (κ2) is 1.72. The first kappa shape index (κ1) is 5.27. The van der Waals surface area contributed by atoms with Crippen LogP contribution in [0.4, 0.5) is 5.69 Å². The number of nitrogens with one attached hydrogen (secondary N) is 1. The summed E-state index contributed by atoms with van der Waals surface area (Å²) in [6, 6.07) is 5.16. The van der Waals surface area contributed by atoms with Crippen LogP contribution in [0.2, 0.25) is 0 Å². The van der Waals surface area contributed by atoms with E-state index in [2.05, 4.69) is 11.5 Å². The van der Waals surface area contributed by atoms with E-state index in [1.807, 2.05) is 6.07 Å². The normalized spacial score (nSPS) is 12.0. The molecular formula is C8H6NO+. The van der Waals surface area contributed by atoms with E-state index in [9.17, 15) is 0 Å². The van der Waals surface area contributed by atoms with Crippen molar-refractivity contribution in [2.45, 2.75) is 0 Å². The van der Waals surface area contributed by atoms with Gasteiger partial charge in [0.05, 0.1) is 6.07 Å². The van der Waals surface area contributed by atoms with Crippen molar-refractivity contribution in [3.8, 4) is 5.75 Å². The number of anilines is 1. The van der Waals surface area contributed by atoms with Gasteiger partial charge >= 0.3 is 0 Å². The summed E-state index contributed by atoms with van der Waals surface area (Å²) in [5.74, 6) is 0.292. The highest BCUT2D eigenvalue weighted by Crippen LogP contribution is 2.25. The van der Waals surface area contributed by atoms with Crippen LogP contribution in [0.5, 0.6) is 5.75 Å². The Bertz CT molecular complexity index is 291. The SMILES string of the molecule is Oc1ccc2c(c1)C=[C+]N2. The van der Waals surface area contributed by atoms with Gasteiger partial charge in [-0.15, -0.1) is 0 Å². The van der Waals surface area contributed by atoms with E-state index in [1.54, 1.807) is 18.2 Å². The molecule has 0 saturated carbocycles. The quantitative estimate of drug-likeness (QED) is 0.415. The summed E-state index contributed by atoms with van der Waals surface area (Å²) in [6.45, 7) is 0. The van der Waals surface area contributed by atoms with Crippen molar-refractivity contribution in [1.82, 2.24) is 0 Å². The van der Waals surface area contributed by atoms with Crippen LogP contribution in [0, 0.1) is 6.20 Å². The lowest BCUT2D eigenvalue weighted by atomic mass is 10.2. The average molecular weight is 132 g/mol. The Labute approximate surface area is 58.8 Å². The molecule has 48 valence electrons. The first-order valence-corrected chi connectivity index (χ1v) is 3.04. The third kappa shape index (κ3) is 0.634. The Morgan fingerprint density at radius 2 is 2.30 bits per heavy atom. The van der Waals surface area contributed by atoms with Crippen molar-refractivity contribution in [2.24, 2.45) is 0 Å². The van der Waals surface area contributed by atoms with Gasteiger partial charge in [-0.1, -0.05) is 0 Å². The molecule has 0 atom stereocenters. The van der Waals surface area contributed by atoms with Crippen molar-refractivity contribution in [1.29, 1.82) is 0 Å². The third-order valence-corrected chi connectivity index (χ3v) is 1.47. The molecule has 1 aromatic carbocycles. The minimum Gasteiger partial charge on any atom is -0.507 e. The van der Waals surface area contributed by atoms with Crippen LogP contribution in [0.15, 0.2) is 18.2 Å². The number of phenolic OH excluding ortho intramolecular Hbond substituents is 1. The summed E-state index contributed by atoms with van der Waals surface area (Å²) in [5, 5.41) is 11.9. The van der Waals surface area contributed by atoms with Crippen LogP contribution in [-0.4, -0.2) is 5.11 Å². The maximum Gasteiger partial charge on any atom is 0.198 e. The lowest BCUT2D eigenvalue weighted by Gasteiger charge is -1.88. The van der Waals surface area contributed by atoms with Gasteiger partial charge in [-0.3, -0.25) is 0 Å². The Morgan fingerprint density at radius 1 is 1.40 bits per heavy atom. The fraction of sp³-hybridized carbons (Fsp3) is 0. The number of hydrogen-bond donors (Lipinski definition) is 2. The van der Waals surface area contributed by atoms with Crippen molar-refractivity contribution >= 4 is 11.8 Å². The molecule has 0 amide bonds. The fourth-order valence-corrected chi connectivity index (χ4v) is 0.975. The van der Waals surface area contributed by atoms with Gasteiger partial charge in [0, 0.05) is 6.07 Å². The molecular weight excluding hydrogens is 126 g/mol. The van der Waals surface area contributed by atoms with Crippen molar-refractivity contribution in [3.63, 3.8) is 0 Å². The zero-order chi connectivity index (χ0) is 6.97. The molecule has 0 bridgehead atoms. The molecule has 1 aliphatic rings. The van der Waals surface area contributed by atoms with Gasteiger partial charge in [0.25, 0.3) is 0 Å². The van der Waals surface area contributed by atoms with E-state index in [0.29, 0.717) is 5.75 Å². The van der Waals surface area contributed by atoms with Crippen molar-refractivity contribution in [2.75, 3.05) is 5.32 Å². The predicted octanol–water partition coefficient (Wildman–Crippen LogP) is 1.59. The van der Waals surface area contributed by atoms with Crippen LogP contribution in [0.3, 0.4) is 0 Å². The molecule has 0 fully saturated rings. The minimum atomic E-state index is 0.292. The fourth-order valence-electron chi connectivity index (χ4n) is 0.975. The highest BCUT2D eigenvalue weighted by molar-refractivity contribution is 5.73. The molecule has 10 heavy (non-hydrogen) atoms. The summed E-state index contributed by atoms with van der Waals surface area (Å²) in [4.78, 5) is 0. The molecule has 0 unspecified atom stereocenters. The Kier molecular flexibility index (Phi) is 0.908. The van der Waals surface area contributed by atoms with Gasteiger partial charge in [-0.05, 0) is 6.07 Å². The van der Waals surface area contributed by atoms with Crippen LogP contribution in [0.25, 0.3) is 6.08 Å². The Hall–Kier alpha value is -1.53. The largest absolute Gasteiger partial charge is 0.507 e. The van der Waals surface area contributed by atoms with Gasteiger partial charge in [0.2, 0.25) is 0 Å². The molecule has 0 aliphatic carbocycles. The van der Waals surface area contributed by atoms with E-state index in [4.69, 9.17) is 5.11 Å². The minimum absolute atomic E-state index is 0.292. The smallest absolute Gasteiger partial charge is 0.198 e. The Morgan fingerprint density at radius 3 is 3.20 bits per heavy atom. The number of fused-ring (bicyclic) bond motifs is 1. The second-order valence-corrected chi connectivity index (χ2v) is 2.19. The molecule has 2 N–H and O–H groups in total. The molecule has 2 rings (SSSR count). The van der Waals surface area contributed by atoms with Gasteiger partial charge in [-0.25, -0.2) is 0 Å². The number of hydrogen-bond acceptors (Lipinski definition) is 2. The molecule has 1 aromatic rings. The van der Waals surface area contributed by atoms with E-state index < -0.39 is 0 Å². The summed E-state index contributed by atoms with van der Waals surface area (Å²) >= 11 is 0. The third-order valence-electron chi connectivity index (χ3n) is 1.47. The molecule has 2 nitrogen and oxygen atoms in total. The summed E-state index contributed by atoms with van der Waals surface area (Å²) in [7, 11) is 0. The first-order valence-electron chi connectivity index (χ1n) is 3.04. The maximum absolute atomic E-state index is 9.02. The zero-order valence-corrected chi connectivity index (χ0v) is 5.26. The maximum atomic E-state index is 9.02. The van der Waals surface area contributed by atoms with Crippen molar-refractivity contribution < 1.29 is 5.11 Å². The molecule has 0 saturated heterocycles. The summed E-state index contributed by atoms with van der Waals surface area (Å²) in [5.41, 5.74) is 1.98. The number of benzene rings is 1.